The minimum Gasteiger partial charge on any atom is -0.408 e. The molecule has 7 heteroatoms. The molecule has 0 aromatic heterocycles. The normalized spacial score (nSPS) is 24.6. The molecule has 0 saturated heterocycles. The molecule has 1 fully saturated rings. The molecule has 43 heavy (non-hydrogen) atoms. The number of aliphatic hydroxyl groups is 2. The fourth-order valence-electron chi connectivity index (χ4n) is 6.80. The van der Waals surface area contributed by atoms with Crippen LogP contribution in [0, 0.1) is 0 Å². The summed E-state index contributed by atoms with van der Waals surface area (Å²) in [6, 6.07) is 29.7. The Morgan fingerprint density at radius 2 is 0.791 bits per heavy atom. The van der Waals surface area contributed by atoms with Crippen LogP contribution in [0.4, 0.5) is 0 Å². The van der Waals surface area contributed by atoms with Crippen LogP contribution in [-0.2, 0) is 38.5 Å². The summed E-state index contributed by atoms with van der Waals surface area (Å²) in [5.41, 5.74) is 3.81. The molecule has 1 aliphatic carbocycles. The van der Waals surface area contributed by atoms with Crippen molar-refractivity contribution in [2.24, 2.45) is 0 Å². The molecule has 0 unspecified atom stereocenters. The quantitative estimate of drug-likeness (QED) is 0.192. The van der Waals surface area contributed by atoms with E-state index < -0.39 is 44.9 Å². The lowest BCUT2D eigenvalue weighted by atomic mass is 9.84. The van der Waals surface area contributed by atoms with E-state index >= 15 is 0 Å². The van der Waals surface area contributed by atoms with Crippen molar-refractivity contribution in [2.75, 3.05) is 0 Å². The first-order valence-electron chi connectivity index (χ1n) is 15.7. The first kappa shape index (κ1) is 33.5. The number of hydrogen-bond donors (Lipinski definition) is 2. The first-order valence-corrected chi connectivity index (χ1v) is 17.8. The van der Waals surface area contributed by atoms with Crippen molar-refractivity contribution in [3.63, 3.8) is 0 Å². The van der Waals surface area contributed by atoms with Crippen LogP contribution in [0.25, 0.3) is 0 Å². The summed E-state index contributed by atoms with van der Waals surface area (Å²) in [5, 5.41) is 23.5. The van der Waals surface area contributed by atoms with Crippen LogP contribution >= 0.6 is 0 Å². The van der Waals surface area contributed by atoms with Gasteiger partial charge in [-0.2, -0.15) is 0 Å². The molecule has 2 N–H and O–H groups in total. The van der Waals surface area contributed by atoms with Gasteiger partial charge in [0.2, 0.25) is 8.32 Å². The zero-order valence-corrected chi connectivity index (χ0v) is 27.5. The van der Waals surface area contributed by atoms with Crippen LogP contribution in [0.1, 0.15) is 58.2 Å². The predicted octanol–water partition coefficient (Wildman–Crippen LogP) is 7.04. The first-order chi connectivity index (χ1) is 20.6. The van der Waals surface area contributed by atoms with Gasteiger partial charge in [0.25, 0.3) is 0 Å². The van der Waals surface area contributed by atoms with E-state index in [1.807, 2.05) is 91.0 Å². The number of benzene rings is 3. The molecule has 3 aromatic rings. The second-order valence-corrected chi connectivity index (χ2v) is 18.1. The summed E-state index contributed by atoms with van der Waals surface area (Å²) in [5.74, 6) is 0. The third-order valence-electron chi connectivity index (χ3n) is 8.90. The maximum Gasteiger partial charge on any atom is 0.201 e. The number of hydrogen-bond acceptors (Lipinski definition) is 6. The second-order valence-electron chi connectivity index (χ2n) is 12.7. The number of ether oxygens (including phenoxy) is 3. The Balaban J connectivity index is 1.73. The third kappa shape index (κ3) is 8.03. The van der Waals surface area contributed by atoms with E-state index in [2.05, 4.69) is 41.5 Å². The standard InChI is InChI=1S/C36H50O6Si/c1-25(2)43(26(3)4,27(5)6)42-34-32(38)31(37)33(39-22-28-16-10-7-11-17-28)35(40-23-29-18-12-8-13-19-29)36(34)41-24-30-20-14-9-15-21-30/h7-21,25-27,31-38H,22-24H2,1-6H3/t31-,32+,33+,34-,35-,36-/m1/s1. The smallest absolute Gasteiger partial charge is 0.201 e. The van der Waals surface area contributed by atoms with Gasteiger partial charge in [-0.25, -0.2) is 0 Å². The van der Waals surface area contributed by atoms with Crippen LogP contribution in [0.2, 0.25) is 16.6 Å². The van der Waals surface area contributed by atoms with Crippen LogP contribution in [0.15, 0.2) is 91.0 Å². The average Bonchev–Trinajstić information content (AvgIpc) is 3.00. The van der Waals surface area contributed by atoms with Crippen molar-refractivity contribution >= 4 is 8.32 Å². The van der Waals surface area contributed by atoms with Crippen molar-refractivity contribution in [1.82, 2.24) is 0 Å². The maximum absolute atomic E-state index is 11.8. The van der Waals surface area contributed by atoms with E-state index in [-0.39, 0.29) is 23.2 Å². The Morgan fingerprint density at radius 1 is 0.488 bits per heavy atom. The Morgan fingerprint density at radius 3 is 1.14 bits per heavy atom. The topological polar surface area (TPSA) is 77.4 Å². The van der Waals surface area contributed by atoms with Gasteiger partial charge in [-0.05, 0) is 33.3 Å². The lowest BCUT2D eigenvalue weighted by Crippen LogP contribution is -2.68. The SMILES string of the molecule is CC(C)[Si](O[C@@H]1[C@@H](O)[C@@H](O)[C@H](OCc2ccccc2)[C@@H](OCc2ccccc2)[C@@H]1OCc1ccccc1)(C(C)C)C(C)C. The average molecular weight is 607 g/mol. The van der Waals surface area contributed by atoms with E-state index in [0.29, 0.717) is 13.2 Å². The van der Waals surface area contributed by atoms with Gasteiger partial charge in [-0.1, -0.05) is 133 Å². The monoisotopic (exact) mass is 606 g/mol. The molecule has 6 nitrogen and oxygen atoms in total. The molecular formula is C36H50O6Si. The van der Waals surface area contributed by atoms with Gasteiger partial charge in [0.1, 0.15) is 36.6 Å². The highest BCUT2D eigenvalue weighted by atomic mass is 28.4. The summed E-state index contributed by atoms with van der Waals surface area (Å²) in [7, 11) is -2.49. The summed E-state index contributed by atoms with van der Waals surface area (Å²) in [6.45, 7) is 14.2. The summed E-state index contributed by atoms with van der Waals surface area (Å²) in [4.78, 5) is 0. The maximum atomic E-state index is 11.8. The highest BCUT2D eigenvalue weighted by molar-refractivity contribution is 6.77. The molecule has 234 valence electrons. The summed E-state index contributed by atoms with van der Waals surface area (Å²) < 4.78 is 26.9. The summed E-state index contributed by atoms with van der Waals surface area (Å²) >= 11 is 0. The predicted molar refractivity (Wildman–Crippen MR) is 173 cm³/mol. The molecule has 1 aliphatic rings. The van der Waals surface area contributed by atoms with Crippen LogP contribution in [0.5, 0.6) is 0 Å². The summed E-state index contributed by atoms with van der Waals surface area (Å²) in [6.07, 6.45) is -5.48. The molecule has 3 aromatic carbocycles. The highest BCUT2D eigenvalue weighted by Crippen LogP contribution is 2.45. The van der Waals surface area contributed by atoms with Gasteiger partial charge < -0.3 is 28.8 Å². The lowest BCUT2D eigenvalue weighted by molar-refractivity contribution is -0.260. The lowest BCUT2D eigenvalue weighted by Gasteiger charge is -2.52. The zero-order valence-electron chi connectivity index (χ0n) is 26.5. The minimum atomic E-state index is -2.49. The van der Waals surface area contributed by atoms with Crippen LogP contribution in [0.3, 0.4) is 0 Å². The molecule has 0 bridgehead atoms. The van der Waals surface area contributed by atoms with E-state index in [1.165, 1.54) is 0 Å². The van der Waals surface area contributed by atoms with Crippen molar-refractivity contribution in [3.8, 4) is 0 Å². The van der Waals surface area contributed by atoms with E-state index in [9.17, 15) is 10.2 Å². The van der Waals surface area contributed by atoms with Crippen molar-refractivity contribution in [1.29, 1.82) is 0 Å². The van der Waals surface area contributed by atoms with Gasteiger partial charge in [0.15, 0.2) is 0 Å². The van der Waals surface area contributed by atoms with E-state index in [0.717, 1.165) is 16.7 Å². The van der Waals surface area contributed by atoms with Crippen molar-refractivity contribution in [2.45, 2.75) is 115 Å². The molecule has 0 heterocycles. The van der Waals surface area contributed by atoms with E-state index in [1.54, 1.807) is 0 Å². The Hall–Kier alpha value is -2.36. The fraction of sp³-hybridized carbons (Fsp3) is 0.500. The molecule has 0 spiro atoms. The highest BCUT2D eigenvalue weighted by Gasteiger charge is 2.57. The minimum absolute atomic E-state index is 0.264. The molecule has 1 saturated carbocycles. The van der Waals surface area contributed by atoms with Gasteiger partial charge in [-0.15, -0.1) is 0 Å². The number of aliphatic hydroxyl groups excluding tert-OH is 2. The van der Waals surface area contributed by atoms with Gasteiger partial charge >= 0.3 is 0 Å². The third-order valence-corrected chi connectivity index (χ3v) is 15.0. The fourth-order valence-corrected chi connectivity index (χ4v) is 12.4. The Kier molecular flexibility index (Phi) is 12.1. The number of rotatable bonds is 14. The zero-order chi connectivity index (χ0) is 31.0. The Bertz CT molecular complexity index is 1180. The van der Waals surface area contributed by atoms with Crippen LogP contribution in [-0.4, -0.2) is 55.2 Å². The molecule has 0 radical (unpaired) electrons. The van der Waals surface area contributed by atoms with Crippen LogP contribution < -0.4 is 0 Å². The molecule has 0 amide bonds. The van der Waals surface area contributed by atoms with Gasteiger partial charge in [0, 0.05) is 0 Å². The van der Waals surface area contributed by atoms with E-state index in [4.69, 9.17) is 18.6 Å². The van der Waals surface area contributed by atoms with Gasteiger partial charge in [0.05, 0.1) is 19.8 Å². The molecule has 4 rings (SSSR count). The Labute approximate surface area is 259 Å². The second kappa shape index (κ2) is 15.6. The van der Waals surface area contributed by atoms with Crippen molar-refractivity contribution < 1.29 is 28.8 Å². The van der Waals surface area contributed by atoms with Crippen molar-refractivity contribution in [3.05, 3.63) is 108 Å². The molecule has 0 aliphatic heterocycles. The largest absolute Gasteiger partial charge is 0.408 e. The molecule has 6 atom stereocenters. The van der Waals surface area contributed by atoms with Gasteiger partial charge in [-0.3, -0.25) is 0 Å². The molecular weight excluding hydrogens is 556 g/mol.